The number of carbonyl (C=O) groups is 4. The van der Waals surface area contributed by atoms with Crippen LogP contribution in [0.3, 0.4) is 0 Å². The van der Waals surface area contributed by atoms with E-state index in [2.05, 4.69) is 0 Å². The molecule has 0 bridgehead atoms. The highest BCUT2D eigenvalue weighted by atomic mass is 32.2. The standard InChI is InChI=1S/C24H22N2O6S/c27-21(25-10-1-2-11-25)14-26-22(28)20(33-24(26)31)13-16-6-8-19(9-7-16)32-15-17-4-3-5-18(12-17)23(29)30/h3-9,12-13H,1-2,10-11,14-15H2,(H,29,30). The summed E-state index contributed by atoms with van der Waals surface area (Å²) in [7, 11) is 0. The highest BCUT2D eigenvalue weighted by Crippen LogP contribution is 2.32. The van der Waals surface area contributed by atoms with Crippen LogP contribution in [0.4, 0.5) is 4.79 Å². The monoisotopic (exact) mass is 466 g/mol. The number of nitrogens with zero attached hydrogens (tertiary/aromatic N) is 2. The van der Waals surface area contributed by atoms with Crippen molar-refractivity contribution < 1.29 is 29.0 Å². The first-order valence-corrected chi connectivity index (χ1v) is 11.3. The molecule has 2 fully saturated rings. The second kappa shape index (κ2) is 9.91. The number of thioether (sulfide) groups is 1. The lowest BCUT2D eigenvalue weighted by Crippen LogP contribution is -2.40. The average Bonchev–Trinajstić information content (AvgIpc) is 3.44. The zero-order valence-corrected chi connectivity index (χ0v) is 18.5. The summed E-state index contributed by atoms with van der Waals surface area (Å²) in [6, 6.07) is 13.5. The third-order valence-corrected chi connectivity index (χ3v) is 6.29. The van der Waals surface area contributed by atoms with Crippen molar-refractivity contribution in [3.8, 4) is 5.75 Å². The fourth-order valence-electron chi connectivity index (χ4n) is 3.61. The van der Waals surface area contributed by atoms with Crippen LogP contribution in [0.2, 0.25) is 0 Å². The molecule has 2 aliphatic rings. The van der Waals surface area contributed by atoms with Gasteiger partial charge in [0, 0.05) is 13.1 Å². The van der Waals surface area contributed by atoms with Crippen molar-refractivity contribution in [3.05, 3.63) is 70.1 Å². The zero-order valence-electron chi connectivity index (χ0n) is 17.7. The lowest BCUT2D eigenvalue weighted by Gasteiger charge is -2.18. The van der Waals surface area contributed by atoms with Gasteiger partial charge in [0.25, 0.3) is 11.1 Å². The predicted molar refractivity (Wildman–Crippen MR) is 123 cm³/mol. The van der Waals surface area contributed by atoms with E-state index in [0.717, 1.165) is 35.1 Å². The van der Waals surface area contributed by atoms with Crippen molar-refractivity contribution in [3.63, 3.8) is 0 Å². The summed E-state index contributed by atoms with van der Waals surface area (Å²) >= 11 is 0.825. The molecule has 0 atom stereocenters. The number of benzene rings is 2. The van der Waals surface area contributed by atoms with Crippen molar-refractivity contribution in [1.29, 1.82) is 0 Å². The molecule has 2 saturated heterocycles. The predicted octanol–water partition coefficient (Wildman–Crippen LogP) is 3.62. The van der Waals surface area contributed by atoms with E-state index >= 15 is 0 Å². The Balaban J connectivity index is 1.36. The van der Waals surface area contributed by atoms with E-state index in [-0.39, 0.29) is 29.5 Å². The molecular formula is C24H22N2O6S. The Bertz CT molecular complexity index is 1120. The van der Waals surface area contributed by atoms with E-state index in [4.69, 9.17) is 9.84 Å². The maximum Gasteiger partial charge on any atom is 0.335 e. The van der Waals surface area contributed by atoms with Gasteiger partial charge < -0.3 is 14.7 Å². The minimum absolute atomic E-state index is 0.197. The first-order chi connectivity index (χ1) is 15.9. The molecule has 2 aliphatic heterocycles. The van der Waals surface area contributed by atoms with Gasteiger partial charge >= 0.3 is 5.97 Å². The lowest BCUT2D eigenvalue weighted by atomic mass is 10.1. The van der Waals surface area contributed by atoms with Gasteiger partial charge in [-0.2, -0.15) is 0 Å². The van der Waals surface area contributed by atoms with Crippen LogP contribution in [0.5, 0.6) is 5.75 Å². The van der Waals surface area contributed by atoms with Gasteiger partial charge in [0.2, 0.25) is 5.91 Å². The molecule has 170 valence electrons. The number of ether oxygens (including phenoxy) is 1. The number of hydrogen-bond acceptors (Lipinski definition) is 6. The number of carboxylic acid groups (broad SMARTS) is 1. The van der Waals surface area contributed by atoms with Crippen LogP contribution in [-0.2, 0) is 16.2 Å². The molecule has 3 amide bonds. The summed E-state index contributed by atoms with van der Waals surface area (Å²) in [6.45, 7) is 1.33. The average molecular weight is 467 g/mol. The lowest BCUT2D eigenvalue weighted by molar-refractivity contribution is -0.135. The van der Waals surface area contributed by atoms with Gasteiger partial charge in [0.05, 0.1) is 10.5 Å². The van der Waals surface area contributed by atoms with E-state index in [9.17, 15) is 19.2 Å². The largest absolute Gasteiger partial charge is 0.489 e. The van der Waals surface area contributed by atoms with Crippen LogP contribution in [0.25, 0.3) is 6.08 Å². The van der Waals surface area contributed by atoms with Crippen LogP contribution in [0, 0.1) is 0 Å². The summed E-state index contributed by atoms with van der Waals surface area (Å²) in [5, 5.41) is 8.63. The number of aromatic carboxylic acids is 1. The number of likely N-dealkylation sites (tertiary alicyclic amines) is 1. The molecule has 0 unspecified atom stereocenters. The molecule has 1 N–H and O–H groups in total. The molecule has 4 rings (SSSR count). The zero-order chi connectivity index (χ0) is 23.4. The summed E-state index contributed by atoms with van der Waals surface area (Å²) in [4.78, 5) is 51.3. The minimum Gasteiger partial charge on any atom is -0.489 e. The molecule has 2 aromatic carbocycles. The van der Waals surface area contributed by atoms with Gasteiger partial charge in [-0.1, -0.05) is 24.3 Å². The first kappa shape index (κ1) is 22.6. The number of carbonyl (C=O) groups excluding carboxylic acids is 3. The minimum atomic E-state index is -0.994. The van der Waals surface area contributed by atoms with E-state index in [1.807, 2.05) is 0 Å². The number of rotatable bonds is 7. The summed E-state index contributed by atoms with van der Waals surface area (Å²) in [5.74, 6) is -1.08. The van der Waals surface area contributed by atoms with Crippen molar-refractivity contribution in [1.82, 2.24) is 9.80 Å². The van der Waals surface area contributed by atoms with Gasteiger partial charge in [0.1, 0.15) is 18.9 Å². The van der Waals surface area contributed by atoms with Crippen LogP contribution in [0.1, 0.15) is 34.3 Å². The second-order valence-electron chi connectivity index (χ2n) is 7.72. The quantitative estimate of drug-likeness (QED) is 0.622. The van der Waals surface area contributed by atoms with Crippen molar-refractivity contribution >= 4 is 40.9 Å². The Morgan fingerprint density at radius 1 is 1.06 bits per heavy atom. The highest BCUT2D eigenvalue weighted by molar-refractivity contribution is 8.18. The SMILES string of the molecule is O=C(O)c1cccc(COc2ccc(C=C3SC(=O)N(CC(=O)N4CCCC4)C3=O)cc2)c1. The molecule has 33 heavy (non-hydrogen) atoms. The Morgan fingerprint density at radius 2 is 1.79 bits per heavy atom. The van der Waals surface area contributed by atoms with Crippen LogP contribution < -0.4 is 4.74 Å². The van der Waals surface area contributed by atoms with E-state index in [1.54, 1.807) is 53.4 Å². The van der Waals surface area contributed by atoms with Gasteiger partial charge in [-0.3, -0.25) is 19.3 Å². The molecule has 9 heteroatoms. The normalized spacial score (nSPS) is 17.2. The molecule has 0 saturated carbocycles. The third-order valence-electron chi connectivity index (χ3n) is 5.38. The maximum absolute atomic E-state index is 12.7. The molecule has 2 heterocycles. The molecule has 0 radical (unpaired) electrons. The smallest absolute Gasteiger partial charge is 0.335 e. The second-order valence-corrected chi connectivity index (χ2v) is 8.71. The van der Waals surface area contributed by atoms with E-state index < -0.39 is 17.1 Å². The van der Waals surface area contributed by atoms with Crippen molar-refractivity contribution in [2.45, 2.75) is 19.4 Å². The van der Waals surface area contributed by atoms with E-state index in [0.29, 0.717) is 24.4 Å². The maximum atomic E-state index is 12.7. The first-order valence-electron chi connectivity index (χ1n) is 10.5. The fourth-order valence-corrected chi connectivity index (χ4v) is 4.45. The van der Waals surface area contributed by atoms with Crippen molar-refractivity contribution in [2.75, 3.05) is 19.6 Å². The fraction of sp³-hybridized carbons (Fsp3) is 0.250. The molecule has 0 spiro atoms. The van der Waals surface area contributed by atoms with Gasteiger partial charge in [-0.25, -0.2) is 4.79 Å². The van der Waals surface area contributed by atoms with Crippen LogP contribution >= 0.6 is 11.8 Å². The van der Waals surface area contributed by atoms with Crippen LogP contribution in [-0.4, -0.2) is 57.6 Å². The highest BCUT2D eigenvalue weighted by Gasteiger charge is 2.37. The third kappa shape index (κ3) is 5.43. The van der Waals surface area contributed by atoms with E-state index in [1.165, 1.54) is 6.07 Å². The molecule has 8 nitrogen and oxygen atoms in total. The van der Waals surface area contributed by atoms with Gasteiger partial charge in [-0.15, -0.1) is 0 Å². The molecule has 0 aliphatic carbocycles. The Hall–Kier alpha value is -3.59. The Morgan fingerprint density at radius 3 is 2.48 bits per heavy atom. The number of carboxylic acids is 1. The molecular weight excluding hydrogens is 444 g/mol. The summed E-state index contributed by atoms with van der Waals surface area (Å²) in [5.41, 5.74) is 1.64. The summed E-state index contributed by atoms with van der Waals surface area (Å²) in [6.07, 6.45) is 3.51. The molecule has 2 aromatic rings. The van der Waals surface area contributed by atoms with Gasteiger partial charge in [-0.05, 0) is 66.1 Å². The summed E-state index contributed by atoms with van der Waals surface area (Å²) < 4.78 is 5.71. The van der Waals surface area contributed by atoms with Crippen LogP contribution in [0.15, 0.2) is 53.4 Å². The van der Waals surface area contributed by atoms with Crippen molar-refractivity contribution in [2.24, 2.45) is 0 Å². The Kier molecular flexibility index (Phi) is 6.79. The molecule has 0 aromatic heterocycles. The number of hydrogen-bond donors (Lipinski definition) is 1. The number of amides is 3. The Labute approximate surface area is 194 Å². The topological polar surface area (TPSA) is 104 Å². The van der Waals surface area contributed by atoms with Gasteiger partial charge in [0.15, 0.2) is 0 Å². The number of imide groups is 1.